The highest BCUT2D eigenvalue weighted by Crippen LogP contribution is 2.34. The SMILES string of the molecule is O=C1SC(=Cc2ccc([N+](=O)[O-])cc2)C(=O)N1Cc1ccc(Cl)cc1Cl. The van der Waals surface area contributed by atoms with Gasteiger partial charge in [0, 0.05) is 22.2 Å². The molecule has 0 unspecified atom stereocenters. The summed E-state index contributed by atoms with van der Waals surface area (Å²) in [6, 6.07) is 10.5. The van der Waals surface area contributed by atoms with E-state index in [1.165, 1.54) is 30.3 Å². The number of rotatable bonds is 4. The molecule has 0 radical (unpaired) electrons. The summed E-state index contributed by atoms with van der Waals surface area (Å²) in [4.78, 5) is 36.2. The third-order valence-electron chi connectivity index (χ3n) is 3.62. The number of halogens is 2. The molecule has 132 valence electrons. The Morgan fingerprint density at radius 1 is 1.12 bits per heavy atom. The van der Waals surface area contributed by atoms with E-state index in [0.29, 0.717) is 21.2 Å². The molecule has 0 spiro atoms. The number of nitrogens with zero attached hydrogens (tertiary/aromatic N) is 2. The normalized spacial score (nSPS) is 15.8. The Hall–Kier alpha value is -2.35. The minimum absolute atomic E-state index is 0.0400. The number of nitro groups is 1. The third-order valence-corrected chi connectivity index (χ3v) is 5.11. The van der Waals surface area contributed by atoms with Gasteiger partial charge in [0.2, 0.25) is 0 Å². The fourth-order valence-electron chi connectivity index (χ4n) is 2.30. The molecule has 2 amide bonds. The van der Waals surface area contributed by atoms with Gasteiger partial charge in [0.1, 0.15) is 0 Å². The number of benzene rings is 2. The quantitative estimate of drug-likeness (QED) is 0.397. The van der Waals surface area contributed by atoms with Crippen molar-refractivity contribution in [3.8, 4) is 0 Å². The lowest BCUT2D eigenvalue weighted by molar-refractivity contribution is -0.384. The first-order chi connectivity index (χ1) is 12.3. The van der Waals surface area contributed by atoms with Gasteiger partial charge in [-0.05, 0) is 53.2 Å². The van der Waals surface area contributed by atoms with E-state index in [2.05, 4.69) is 0 Å². The maximum Gasteiger partial charge on any atom is 0.293 e. The Kier molecular flexibility index (Phi) is 5.31. The zero-order valence-electron chi connectivity index (χ0n) is 13.0. The molecule has 6 nitrogen and oxygen atoms in total. The molecule has 0 bridgehead atoms. The molecule has 0 atom stereocenters. The number of nitro benzene ring substituents is 1. The highest BCUT2D eigenvalue weighted by molar-refractivity contribution is 8.18. The second-order valence-electron chi connectivity index (χ2n) is 5.35. The number of carbonyl (C=O) groups is 2. The summed E-state index contributed by atoms with van der Waals surface area (Å²) in [6.07, 6.45) is 1.53. The van der Waals surface area contributed by atoms with Crippen molar-refractivity contribution in [3.63, 3.8) is 0 Å². The summed E-state index contributed by atoms with van der Waals surface area (Å²) in [5, 5.41) is 11.1. The van der Waals surface area contributed by atoms with Crippen LogP contribution in [0.2, 0.25) is 10.0 Å². The molecule has 1 aliphatic heterocycles. The van der Waals surface area contributed by atoms with Gasteiger partial charge >= 0.3 is 0 Å². The zero-order valence-corrected chi connectivity index (χ0v) is 15.3. The van der Waals surface area contributed by atoms with Crippen LogP contribution >= 0.6 is 35.0 Å². The predicted octanol–water partition coefficient (Wildman–Crippen LogP) is 5.14. The number of imide groups is 1. The van der Waals surface area contributed by atoms with Crippen molar-refractivity contribution in [1.29, 1.82) is 0 Å². The van der Waals surface area contributed by atoms with Gasteiger partial charge in [-0.1, -0.05) is 29.3 Å². The van der Waals surface area contributed by atoms with Crippen molar-refractivity contribution >= 4 is 57.9 Å². The van der Waals surface area contributed by atoms with Crippen molar-refractivity contribution in [2.24, 2.45) is 0 Å². The number of thioether (sulfide) groups is 1. The average molecular weight is 409 g/mol. The number of hydrogen-bond acceptors (Lipinski definition) is 5. The predicted molar refractivity (Wildman–Crippen MR) is 101 cm³/mol. The van der Waals surface area contributed by atoms with Gasteiger partial charge in [-0.2, -0.15) is 0 Å². The van der Waals surface area contributed by atoms with Crippen LogP contribution in [-0.2, 0) is 11.3 Å². The van der Waals surface area contributed by atoms with Crippen molar-refractivity contribution < 1.29 is 14.5 Å². The summed E-state index contributed by atoms with van der Waals surface area (Å²) in [7, 11) is 0. The standard InChI is InChI=1S/C17H10Cl2N2O4S/c18-12-4-3-11(14(19)8-12)9-20-16(22)15(26-17(20)23)7-10-1-5-13(6-2-10)21(24)25/h1-8H,9H2. The molecule has 1 aliphatic rings. The lowest BCUT2D eigenvalue weighted by atomic mass is 10.2. The van der Waals surface area contributed by atoms with E-state index in [1.54, 1.807) is 18.2 Å². The van der Waals surface area contributed by atoms with Gasteiger partial charge < -0.3 is 0 Å². The Morgan fingerprint density at radius 3 is 2.42 bits per heavy atom. The van der Waals surface area contributed by atoms with Crippen LogP contribution in [0.5, 0.6) is 0 Å². The second-order valence-corrected chi connectivity index (χ2v) is 7.19. The summed E-state index contributed by atoms with van der Waals surface area (Å²) in [6.45, 7) is 0.0400. The van der Waals surface area contributed by atoms with Crippen LogP contribution in [0.25, 0.3) is 6.08 Å². The Labute approximate surface area is 162 Å². The fourth-order valence-corrected chi connectivity index (χ4v) is 3.61. The van der Waals surface area contributed by atoms with Crippen molar-refractivity contribution in [3.05, 3.63) is 78.7 Å². The fraction of sp³-hybridized carbons (Fsp3) is 0.0588. The van der Waals surface area contributed by atoms with Gasteiger partial charge in [0.05, 0.1) is 16.4 Å². The zero-order chi connectivity index (χ0) is 18.8. The van der Waals surface area contributed by atoms with Gasteiger partial charge in [0.15, 0.2) is 0 Å². The second kappa shape index (κ2) is 7.49. The van der Waals surface area contributed by atoms with Gasteiger partial charge in [-0.25, -0.2) is 0 Å². The third kappa shape index (κ3) is 3.90. The lowest BCUT2D eigenvalue weighted by Gasteiger charge is -2.13. The minimum atomic E-state index is -0.506. The van der Waals surface area contributed by atoms with Gasteiger partial charge in [-0.3, -0.25) is 24.6 Å². The maximum atomic E-state index is 12.5. The molecular formula is C17H10Cl2N2O4S. The molecule has 3 rings (SSSR count). The Bertz CT molecular complexity index is 944. The van der Waals surface area contributed by atoms with E-state index in [4.69, 9.17) is 23.2 Å². The first-order valence-corrected chi connectivity index (χ1v) is 8.86. The number of amides is 2. The summed E-state index contributed by atoms with van der Waals surface area (Å²) in [5.74, 6) is -0.440. The van der Waals surface area contributed by atoms with E-state index in [0.717, 1.165) is 16.7 Å². The van der Waals surface area contributed by atoms with Crippen LogP contribution in [0.15, 0.2) is 47.4 Å². The average Bonchev–Trinajstić information content (AvgIpc) is 2.85. The number of non-ortho nitro benzene ring substituents is 1. The molecule has 0 aliphatic carbocycles. The number of carbonyl (C=O) groups excluding carboxylic acids is 2. The minimum Gasteiger partial charge on any atom is -0.268 e. The van der Waals surface area contributed by atoms with Gasteiger partial charge in [-0.15, -0.1) is 0 Å². The van der Waals surface area contributed by atoms with E-state index in [1.807, 2.05) is 0 Å². The van der Waals surface area contributed by atoms with E-state index >= 15 is 0 Å². The first kappa shape index (κ1) is 18.4. The van der Waals surface area contributed by atoms with E-state index in [-0.39, 0.29) is 17.1 Å². The van der Waals surface area contributed by atoms with Crippen molar-refractivity contribution in [1.82, 2.24) is 4.90 Å². The van der Waals surface area contributed by atoms with Crippen molar-refractivity contribution in [2.75, 3.05) is 0 Å². The molecule has 2 aromatic rings. The summed E-state index contributed by atoms with van der Waals surface area (Å²) >= 11 is 12.8. The van der Waals surface area contributed by atoms with Crippen LogP contribution < -0.4 is 0 Å². The lowest BCUT2D eigenvalue weighted by Crippen LogP contribution is -2.27. The monoisotopic (exact) mass is 408 g/mol. The van der Waals surface area contributed by atoms with Crippen LogP contribution in [0.4, 0.5) is 10.5 Å². The summed E-state index contributed by atoms with van der Waals surface area (Å²) in [5.41, 5.74) is 1.15. The molecule has 1 fully saturated rings. The highest BCUT2D eigenvalue weighted by atomic mass is 35.5. The van der Waals surface area contributed by atoms with E-state index < -0.39 is 16.1 Å². The van der Waals surface area contributed by atoms with Crippen LogP contribution in [0.1, 0.15) is 11.1 Å². The molecule has 1 heterocycles. The smallest absolute Gasteiger partial charge is 0.268 e. The maximum absolute atomic E-state index is 12.5. The topological polar surface area (TPSA) is 80.5 Å². The molecular weight excluding hydrogens is 399 g/mol. The largest absolute Gasteiger partial charge is 0.293 e. The van der Waals surface area contributed by atoms with Crippen LogP contribution in [-0.4, -0.2) is 21.0 Å². The first-order valence-electron chi connectivity index (χ1n) is 7.29. The molecule has 0 aromatic heterocycles. The summed E-state index contributed by atoms with van der Waals surface area (Å²) < 4.78 is 0. The molecule has 0 N–H and O–H groups in total. The van der Waals surface area contributed by atoms with Crippen molar-refractivity contribution in [2.45, 2.75) is 6.54 Å². The van der Waals surface area contributed by atoms with E-state index in [9.17, 15) is 19.7 Å². The molecule has 9 heteroatoms. The highest BCUT2D eigenvalue weighted by Gasteiger charge is 2.35. The molecule has 0 saturated carbocycles. The molecule has 1 saturated heterocycles. The molecule has 2 aromatic carbocycles. The van der Waals surface area contributed by atoms with Gasteiger partial charge in [0.25, 0.3) is 16.8 Å². The Morgan fingerprint density at radius 2 is 1.81 bits per heavy atom. The number of hydrogen-bond donors (Lipinski definition) is 0. The Balaban J connectivity index is 1.80. The van der Waals surface area contributed by atoms with Crippen LogP contribution in [0, 0.1) is 10.1 Å². The van der Waals surface area contributed by atoms with Crippen LogP contribution in [0.3, 0.4) is 0 Å². The molecule has 26 heavy (non-hydrogen) atoms.